The molecule has 0 aromatic carbocycles. The van der Waals surface area contributed by atoms with Crippen LogP contribution in [0.1, 0.15) is 39.5 Å². The molecule has 0 N–H and O–H groups in total. The van der Waals surface area contributed by atoms with Crippen LogP contribution in [0.4, 0.5) is 0 Å². The van der Waals surface area contributed by atoms with Crippen molar-refractivity contribution in [2.24, 2.45) is 11.8 Å². The summed E-state index contributed by atoms with van der Waals surface area (Å²) in [4.78, 5) is 0. The standard InChI is InChI=1S/C11H21BO/c1-8(2)13-12(3)11-7-9-4-5-10(11)6-9/h8-11H,4-7H2,1-3H3/t9?,10-,11-/m0/s1. The smallest absolute Gasteiger partial charge is 0.293 e. The molecule has 0 radical (unpaired) electrons. The summed E-state index contributed by atoms with van der Waals surface area (Å²) in [5.41, 5.74) is 0. The van der Waals surface area contributed by atoms with E-state index < -0.39 is 0 Å². The summed E-state index contributed by atoms with van der Waals surface area (Å²) >= 11 is 0. The van der Waals surface area contributed by atoms with Crippen LogP contribution >= 0.6 is 0 Å². The van der Waals surface area contributed by atoms with E-state index in [0.29, 0.717) is 13.0 Å². The molecule has 2 fully saturated rings. The largest absolute Gasteiger partial charge is 0.434 e. The molecule has 2 heteroatoms. The van der Waals surface area contributed by atoms with E-state index in [-0.39, 0.29) is 0 Å². The van der Waals surface area contributed by atoms with E-state index in [4.69, 9.17) is 4.65 Å². The first-order valence-electron chi connectivity index (χ1n) is 5.82. The van der Waals surface area contributed by atoms with Gasteiger partial charge in [-0.05, 0) is 37.9 Å². The van der Waals surface area contributed by atoms with Gasteiger partial charge < -0.3 is 4.65 Å². The molecule has 0 heterocycles. The molecule has 2 bridgehead atoms. The Morgan fingerprint density at radius 3 is 2.46 bits per heavy atom. The summed E-state index contributed by atoms with van der Waals surface area (Å²) in [5.74, 6) is 2.92. The first-order chi connectivity index (χ1) is 6.16. The van der Waals surface area contributed by atoms with E-state index in [1.54, 1.807) is 0 Å². The minimum absolute atomic E-state index is 0.397. The van der Waals surface area contributed by atoms with Crippen LogP contribution in [0.5, 0.6) is 0 Å². The summed E-state index contributed by atoms with van der Waals surface area (Å²) in [7, 11) is 0. The Balaban J connectivity index is 1.87. The lowest BCUT2D eigenvalue weighted by Gasteiger charge is -2.26. The van der Waals surface area contributed by atoms with Gasteiger partial charge in [0.25, 0.3) is 6.92 Å². The normalized spacial score (nSPS) is 37.4. The molecule has 0 aliphatic heterocycles. The van der Waals surface area contributed by atoms with Crippen LogP contribution in [-0.2, 0) is 4.65 Å². The third-order valence-corrected chi connectivity index (χ3v) is 3.88. The van der Waals surface area contributed by atoms with Crippen molar-refractivity contribution < 1.29 is 4.65 Å². The van der Waals surface area contributed by atoms with Gasteiger partial charge in [0.1, 0.15) is 0 Å². The van der Waals surface area contributed by atoms with Gasteiger partial charge in [0.05, 0.1) is 0 Å². The van der Waals surface area contributed by atoms with Crippen molar-refractivity contribution in [1.82, 2.24) is 0 Å². The second-order valence-electron chi connectivity index (χ2n) is 5.23. The summed E-state index contributed by atoms with van der Waals surface area (Å²) in [6.45, 7) is 7.05. The molecule has 3 atom stereocenters. The fourth-order valence-electron chi connectivity index (χ4n) is 3.40. The average molecular weight is 180 g/mol. The molecule has 0 amide bonds. The fraction of sp³-hybridized carbons (Fsp3) is 1.00. The summed E-state index contributed by atoms with van der Waals surface area (Å²) in [6, 6.07) is 0. The highest BCUT2D eigenvalue weighted by atomic mass is 16.4. The third kappa shape index (κ3) is 1.93. The van der Waals surface area contributed by atoms with Gasteiger partial charge in [0.2, 0.25) is 0 Å². The molecule has 2 aliphatic carbocycles. The Bertz CT molecular complexity index is 181. The Labute approximate surface area is 82.3 Å². The van der Waals surface area contributed by atoms with Crippen molar-refractivity contribution in [3.63, 3.8) is 0 Å². The molecule has 2 aliphatic rings. The van der Waals surface area contributed by atoms with Crippen molar-refractivity contribution >= 4 is 6.92 Å². The lowest BCUT2D eigenvalue weighted by atomic mass is 9.53. The summed E-state index contributed by atoms with van der Waals surface area (Å²) in [6.07, 6.45) is 6.31. The molecule has 1 unspecified atom stereocenters. The van der Waals surface area contributed by atoms with Crippen molar-refractivity contribution in [1.29, 1.82) is 0 Å². The van der Waals surface area contributed by atoms with Crippen LogP contribution in [0.15, 0.2) is 0 Å². The minimum Gasteiger partial charge on any atom is -0.434 e. The van der Waals surface area contributed by atoms with Gasteiger partial charge in [-0.1, -0.05) is 26.1 Å². The van der Waals surface area contributed by atoms with Crippen molar-refractivity contribution in [2.75, 3.05) is 0 Å². The number of hydrogen-bond donors (Lipinski definition) is 0. The van der Waals surface area contributed by atoms with Crippen molar-refractivity contribution in [2.45, 2.75) is 58.3 Å². The van der Waals surface area contributed by atoms with E-state index >= 15 is 0 Å². The number of rotatable bonds is 3. The predicted octanol–water partition coefficient (Wildman–Crippen LogP) is 3.22. The average Bonchev–Trinajstić information content (AvgIpc) is 2.62. The zero-order valence-corrected chi connectivity index (χ0v) is 9.12. The number of hydrogen-bond acceptors (Lipinski definition) is 1. The predicted molar refractivity (Wildman–Crippen MR) is 57.0 cm³/mol. The molecule has 13 heavy (non-hydrogen) atoms. The maximum atomic E-state index is 5.89. The lowest BCUT2D eigenvalue weighted by molar-refractivity contribution is 0.231. The molecular formula is C11H21BO. The van der Waals surface area contributed by atoms with Crippen LogP contribution in [0.2, 0.25) is 12.6 Å². The van der Waals surface area contributed by atoms with Crippen LogP contribution in [0, 0.1) is 11.8 Å². The van der Waals surface area contributed by atoms with Gasteiger partial charge in [-0.25, -0.2) is 0 Å². The molecule has 0 saturated heterocycles. The van der Waals surface area contributed by atoms with Gasteiger partial charge >= 0.3 is 0 Å². The molecule has 0 aromatic heterocycles. The Kier molecular flexibility index (Phi) is 2.68. The monoisotopic (exact) mass is 180 g/mol. The zero-order valence-electron chi connectivity index (χ0n) is 9.12. The van der Waals surface area contributed by atoms with Gasteiger partial charge in [-0.15, -0.1) is 0 Å². The first-order valence-corrected chi connectivity index (χ1v) is 5.82. The molecule has 2 saturated carbocycles. The van der Waals surface area contributed by atoms with E-state index in [1.807, 2.05) is 0 Å². The maximum absolute atomic E-state index is 5.89. The second kappa shape index (κ2) is 3.64. The molecular weight excluding hydrogens is 159 g/mol. The van der Waals surface area contributed by atoms with Crippen LogP contribution in [0.25, 0.3) is 0 Å². The molecule has 1 nitrogen and oxygen atoms in total. The van der Waals surface area contributed by atoms with Crippen molar-refractivity contribution in [3.8, 4) is 0 Å². The molecule has 2 rings (SSSR count). The zero-order chi connectivity index (χ0) is 9.42. The third-order valence-electron chi connectivity index (χ3n) is 3.88. The van der Waals surface area contributed by atoms with E-state index in [1.165, 1.54) is 25.7 Å². The van der Waals surface area contributed by atoms with Gasteiger partial charge in [-0.2, -0.15) is 0 Å². The Hall–Kier alpha value is 0.0249. The highest BCUT2D eigenvalue weighted by Crippen LogP contribution is 2.52. The highest BCUT2D eigenvalue weighted by molar-refractivity contribution is 6.52. The maximum Gasteiger partial charge on any atom is 0.293 e. The van der Waals surface area contributed by atoms with E-state index in [0.717, 1.165) is 17.7 Å². The quantitative estimate of drug-likeness (QED) is 0.606. The van der Waals surface area contributed by atoms with Gasteiger partial charge in [0.15, 0.2) is 0 Å². The van der Waals surface area contributed by atoms with Crippen LogP contribution in [-0.4, -0.2) is 13.0 Å². The van der Waals surface area contributed by atoms with Crippen LogP contribution < -0.4 is 0 Å². The van der Waals surface area contributed by atoms with E-state index in [9.17, 15) is 0 Å². The van der Waals surface area contributed by atoms with Gasteiger partial charge in [0, 0.05) is 6.10 Å². The summed E-state index contributed by atoms with van der Waals surface area (Å²) in [5, 5.41) is 0. The van der Waals surface area contributed by atoms with Crippen molar-refractivity contribution in [3.05, 3.63) is 0 Å². The van der Waals surface area contributed by atoms with Gasteiger partial charge in [-0.3, -0.25) is 0 Å². The fourth-order valence-corrected chi connectivity index (χ4v) is 3.40. The molecule has 74 valence electrons. The minimum atomic E-state index is 0.397. The Morgan fingerprint density at radius 2 is 2.00 bits per heavy atom. The topological polar surface area (TPSA) is 9.23 Å². The first kappa shape index (κ1) is 9.58. The van der Waals surface area contributed by atoms with E-state index in [2.05, 4.69) is 20.7 Å². The molecule has 0 spiro atoms. The number of fused-ring (bicyclic) bond motifs is 2. The highest BCUT2D eigenvalue weighted by Gasteiger charge is 2.43. The van der Waals surface area contributed by atoms with Crippen LogP contribution in [0.3, 0.4) is 0 Å². The lowest BCUT2D eigenvalue weighted by Crippen LogP contribution is -2.28. The Morgan fingerprint density at radius 1 is 1.23 bits per heavy atom. The molecule has 0 aromatic rings. The summed E-state index contributed by atoms with van der Waals surface area (Å²) < 4.78 is 5.89. The second-order valence-corrected chi connectivity index (χ2v) is 5.23. The SMILES string of the molecule is CB(OC(C)C)[C@H]1CC2CC[C@H]1C2.